The molecule has 1 fully saturated rings. The summed E-state index contributed by atoms with van der Waals surface area (Å²) in [6.07, 6.45) is 1.89. The molecule has 1 aromatic heterocycles. The van der Waals surface area contributed by atoms with Gasteiger partial charge in [0.1, 0.15) is 11.6 Å². The molecule has 2 N–H and O–H groups in total. The number of esters is 1. The lowest BCUT2D eigenvalue weighted by Gasteiger charge is -2.42. The molecular formula is C20H20N2O2. The summed E-state index contributed by atoms with van der Waals surface area (Å²) in [5.41, 5.74) is 2.44. The Morgan fingerprint density at radius 3 is 2.50 bits per heavy atom. The van der Waals surface area contributed by atoms with Crippen LogP contribution < -0.4 is 5.32 Å². The average Bonchev–Trinajstić information content (AvgIpc) is 2.99. The van der Waals surface area contributed by atoms with E-state index in [0.717, 1.165) is 22.0 Å². The molecule has 1 aliphatic heterocycles. The Morgan fingerprint density at radius 1 is 1.00 bits per heavy atom. The van der Waals surface area contributed by atoms with Crippen LogP contribution in [-0.4, -0.2) is 16.6 Å². The third-order valence-electron chi connectivity index (χ3n) is 4.69. The van der Waals surface area contributed by atoms with Crippen molar-refractivity contribution in [2.45, 2.75) is 31.5 Å². The number of fused-ring (bicyclic) bond motifs is 1. The zero-order chi connectivity index (χ0) is 16.7. The highest BCUT2D eigenvalue weighted by molar-refractivity contribution is 5.90. The number of ether oxygens (including phenoxy) is 1. The maximum atomic E-state index is 12.6. The minimum atomic E-state index is -0.610. The zero-order valence-corrected chi connectivity index (χ0v) is 13.7. The molecule has 1 saturated heterocycles. The van der Waals surface area contributed by atoms with E-state index in [1.807, 2.05) is 62.5 Å². The Labute approximate surface area is 140 Å². The maximum absolute atomic E-state index is 12.6. The second kappa shape index (κ2) is 5.49. The summed E-state index contributed by atoms with van der Waals surface area (Å²) >= 11 is 0. The van der Waals surface area contributed by atoms with Crippen molar-refractivity contribution in [1.82, 2.24) is 10.3 Å². The molecule has 2 aromatic carbocycles. The normalized spacial score (nSPS) is 23.2. The van der Waals surface area contributed by atoms with Crippen molar-refractivity contribution in [2.24, 2.45) is 0 Å². The number of carbonyl (C=O) groups excluding carboxylic acids is 1. The molecule has 1 aliphatic rings. The topological polar surface area (TPSA) is 54.1 Å². The van der Waals surface area contributed by atoms with Crippen LogP contribution in [0.15, 0.2) is 60.8 Å². The van der Waals surface area contributed by atoms with Crippen LogP contribution in [0.2, 0.25) is 0 Å². The van der Waals surface area contributed by atoms with Gasteiger partial charge in [0.2, 0.25) is 0 Å². The van der Waals surface area contributed by atoms with Crippen molar-refractivity contribution in [2.75, 3.05) is 0 Å². The molecule has 3 aromatic rings. The summed E-state index contributed by atoms with van der Waals surface area (Å²) in [4.78, 5) is 15.9. The SMILES string of the molecule is CC1(C)OC(=O)[C@H](c2c[nH]c3ccccc23)N[C@H]1c1ccccc1. The smallest absolute Gasteiger partial charge is 0.328 e. The number of morpholine rings is 1. The Balaban J connectivity index is 1.75. The minimum absolute atomic E-state index is 0.0740. The lowest BCUT2D eigenvalue weighted by atomic mass is 9.88. The van der Waals surface area contributed by atoms with Crippen LogP contribution in [0.3, 0.4) is 0 Å². The van der Waals surface area contributed by atoms with Gasteiger partial charge in [-0.15, -0.1) is 0 Å². The molecule has 0 spiro atoms. The fourth-order valence-electron chi connectivity index (χ4n) is 3.51. The van der Waals surface area contributed by atoms with Crippen LogP contribution in [-0.2, 0) is 9.53 Å². The Kier molecular flexibility index (Phi) is 3.43. The van der Waals surface area contributed by atoms with Gasteiger partial charge >= 0.3 is 5.97 Å². The first kappa shape index (κ1) is 15.0. The largest absolute Gasteiger partial charge is 0.456 e. The molecule has 2 heterocycles. The van der Waals surface area contributed by atoms with Crippen molar-refractivity contribution in [3.05, 3.63) is 71.9 Å². The average molecular weight is 320 g/mol. The first-order valence-corrected chi connectivity index (χ1v) is 8.16. The zero-order valence-electron chi connectivity index (χ0n) is 13.7. The molecule has 0 radical (unpaired) electrons. The monoisotopic (exact) mass is 320 g/mol. The Hall–Kier alpha value is -2.59. The number of hydrogen-bond donors (Lipinski definition) is 2. The number of H-pyrrole nitrogens is 1. The van der Waals surface area contributed by atoms with Crippen LogP contribution in [0.5, 0.6) is 0 Å². The van der Waals surface area contributed by atoms with Gasteiger partial charge in [-0.25, -0.2) is 4.79 Å². The van der Waals surface area contributed by atoms with E-state index in [1.165, 1.54) is 0 Å². The third-order valence-corrected chi connectivity index (χ3v) is 4.69. The van der Waals surface area contributed by atoms with Crippen LogP contribution in [0, 0.1) is 0 Å². The summed E-state index contributed by atoms with van der Waals surface area (Å²) < 4.78 is 5.81. The number of nitrogens with one attached hydrogen (secondary N) is 2. The van der Waals surface area contributed by atoms with Gasteiger partial charge in [-0.05, 0) is 25.5 Å². The van der Waals surface area contributed by atoms with Crippen molar-refractivity contribution < 1.29 is 9.53 Å². The molecule has 4 rings (SSSR count). The number of aromatic nitrogens is 1. The minimum Gasteiger partial charge on any atom is -0.456 e. The van der Waals surface area contributed by atoms with E-state index in [2.05, 4.69) is 22.4 Å². The molecule has 122 valence electrons. The van der Waals surface area contributed by atoms with Gasteiger partial charge in [-0.1, -0.05) is 48.5 Å². The molecule has 4 nitrogen and oxygen atoms in total. The van der Waals surface area contributed by atoms with E-state index in [1.54, 1.807) is 0 Å². The summed E-state index contributed by atoms with van der Waals surface area (Å²) in [5, 5.41) is 4.55. The van der Waals surface area contributed by atoms with Crippen LogP contribution >= 0.6 is 0 Å². The van der Waals surface area contributed by atoms with E-state index in [-0.39, 0.29) is 12.0 Å². The van der Waals surface area contributed by atoms with E-state index < -0.39 is 11.6 Å². The lowest BCUT2D eigenvalue weighted by Crippen LogP contribution is -2.52. The number of hydrogen-bond acceptors (Lipinski definition) is 3. The van der Waals surface area contributed by atoms with Gasteiger partial charge in [-0.3, -0.25) is 5.32 Å². The van der Waals surface area contributed by atoms with Gasteiger partial charge < -0.3 is 9.72 Å². The van der Waals surface area contributed by atoms with E-state index >= 15 is 0 Å². The summed E-state index contributed by atoms with van der Waals surface area (Å²) in [5.74, 6) is -0.239. The van der Waals surface area contributed by atoms with Crippen molar-refractivity contribution in [3.63, 3.8) is 0 Å². The summed E-state index contributed by atoms with van der Waals surface area (Å²) in [7, 11) is 0. The first-order valence-electron chi connectivity index (χ1n) is 8.16. The second-order valence-corrected chi connectivity index (χ2v) is 6.76. The quantitative estimate of drug-likeness (QED) is 0.705. The van der Waals surface area contributed by atoms with Crippen molar-refractivity contribution in [3.8, 4) is 0 Å². The lowest BCUT2D eigenvalue weighted by molar-refractivity contribution is -0.171. The molecule has 4 heteroatoms. The van der Waals surface area contributed by atoms with Gasteiger partial charge in [0, 0.05) is 22.7 Å². The standard InChI is InChI=1S/C20H20N2O2/c1-20(2)18(13-8-4-3-5-9-13)22-17(19(23)24-20)15-12-21-16-11-7-6-10-14(15)16/h3-12,17-18,21-22H,1-2H3/t17-,18-/m0/s1. The van der Waals surface area contributed by atoms with E-state index in [0.29, 0.717) is 0 Å². The molecule has 0 amide bonds. The Morgan fingerprint density at radius 2 is 1.71 bits per heavy atom. The highest BCUT2D eigenvalue weighted by Crippen LogP contribution is 2.38. The molecular weight excluding hydrogens is 300 g/mol. The number of carbonyl (C=O) groups is 1. The summed E-state index contributed by atoms with van der Waals surface area (Å²) in [6.45, 7) is 3.89. The summed E-state index contributed by atoms with van der Waals surface area (Å²) in [6, 6.07) is 17.5. The Bertz CT molecular complexity index is 883. The highest BCUT2D eigenvalue weighted by Gasteiger charge is 2.44. The van der Waals surface area contributed by atoms with Gasteiger partial charge in [-0.2, -0.15) is 0 Å². The van der Waals surface area contributed by atoms with Gasteiger partial charge in [0.25, 0.3) is 0 Å². The molecule has 0 unspecified atom stereocenters. The molecule has 0 bridgehead atoms. The maximum Gasteiger partial charge on any atom is 0.328 e. The highest BCUT2D eigenvalue weighted by atomic mass is 16.6. The fraction of sp³-hybridized carbons (Fsp3) is 0.250. The van der Waals surface area contributed by atoms with Gasteiger partial charge in [0.05, 0.1) is 6.04 Å². The predicted molar refractivity (Wildman–Crippen MR) is 93.5 cm³/mol. The van der Waals surface area contributed by atoms with Crippen molar-refractivity contribution in [1.29, 1.82) is 0 Å². The molecule has 0 saturated carbocycles. The predicted octanol–water partition coefficient (Wildman–Crippen LogP) is 3.88. The van der Waals surface area contributed by atoms with Gasteiger partial charge in [0.15, 0.2) is 0 Å². The third kappa shape index (κ3) is 2.39. The first-order chi connectivity index (χ1) is 11.6. The van der Waals surface area contributed by atoms with Crippen LogP contribution in [0.25, 0.3) is 10.9 Å². The number of rotatable bonds is 2. The number of aromatic amines is 1. The second-order valence-electron chi connectivity index (χ2n) is 6.76. The van der Waals surface area contributed by atoms with E-state index in [9.17, 15) is 4.79 Å². The molecule has 2 atom stereocenters. The van der Waals surface area contributed by atoms with Crippen LogP contribution in [0.1, 0.15) is 37.1 Å². The number of para-hydroxylation sites is 1. The van der Waals surface area contributed by atoms with Crippen molar-refractivity contribution >= 4 is 16.9 Å². The van der Waals surface area contributed by atoms with Crippen LogP contribution in [0.4, 0.5) is 0 Å². The number of benzene rings is 2. The number of cyclic esters (lactones) is 1. The molecule has 24 heavy (non-hydrogen) atoms. The fourth-order valence-corrected chi connectivity index (χ4v) is 3.51. The van der Waals surface area contributed by atoms with E-state index in [4.69, 9.17) is 4.74 Å². The molecule has 0 aliphatic carbocycles.